The molecule has 0 unspecified atom stereocenters. The molecule has 2 heterocycles. The van der Waals surface area contributed by atoms with Gasteiger partial charge in [-0.1, -0.05) is 16.8 Å². The van der Waals surface area contributed by atoms with Gasteiger partial charge in [-0.3, -0.25) is 4.99 Å². The van der Waals surface area contributed by atoms with Gasteiger partial charge in [0.05, 0.1) is 6.54 Å². The van der Waals surface area contributed by atoms with E-state index in [-0.39, 0.29) is 0 Å². The molecule has 2 aromatic rings. The van der Waals surface area contributed by atoms with Crippen LogP contribution in [0, 0.1) is 0 Å². The average Bonchev–Trinajstić information content (AvgIpc) is 3.09. The summed E-state index contributed by atoms with van der Waals surface area (Å²) in [6.07, 6.45) is 1.95. The van der Waals surface area contributed by atoms with Crippen molar-refractivity contribution in [3.63, 3.8) is 0 Å². The minimum absolute atomic E-state index is 0.372. The molecule has 7 nitrogen and oxygen atoms in total. The zero-order valence-corrected chi connectivity index (χ0v) is 14.2. The van der Waals surface area contributed by atoms with Gasteiger partial charge in [0.15, 0.2) is 5.96 Å². The van der Waals surface area contributed by atoms with Crippen LogP contribution < -0.4 is 10.6 Å². The maximum Gasteiger partial charge on any atom is 0.246 e. The molecule has 3 rings (SSSR count). The number of nitrogens with zero attached hydrogens (tertiary/aromatic N) is 3. The van der Waals surface area contributed by atoms with Gasteiger partial charge in [0, 0.05) is 36.9 Å². The molecular formula is C16H20ClN5O2. The van der Waals surface area contributed by atoms with Crippen molar-refractivity contribution in [3.8, 4) is 11.4 Å². The van der Waals surface area contributed by atoms with Crippen LogP contribution >= 0.6 is 11.6 Å². The lowest BCUT2D eigenvalue weighted by molar-refractivity contribution is 0.0822. The summed E-state index contributed by atoms with van der Waals surface area (Å²) in [7, 11) is 1.74. The molecule has 128 valence electrons. The first kappa shape index (κ1) is 16.7. The Balaban J connectivity index is 1.55. The predicted molar refractivity (Wildman–Crippen MR) is 91.9 cm³/mol. The van der Waals surface area contributed by atoms with Crippen LogP contribution in [0.1, 0.15) is 18.7 Å². The Morgan fingerprint density at radius 1 is 1.29 bits per heavy atom. The topological polar surface area (TPSA) is 84.6 Å². The van der Waals surface area contributed by atoms with Gasteiger partial charge in [-0.05, 0) is 37.1 Å². The van der Waals surface area contributed by atoms with E-state index in [1.165, 1.54) is 0 Å². The van der Waals surface area contributed by atoms with Crippen LogP contribution in [-0.4, -0.2) is 42.4 Å². The van der Waals surface area contributed by atoms with Gasteiger partial charge in [-0.25, -0.2) is 0 Å². The highest BCUT2D eigenvalue weighted by Crippen LogP contribution is 2.18. The largest absolute Gasteiger partial charge is 0.381 e. The van der Waals surface area contributed by atoms with Gasteiger partial charge < -0.3 is 19.9 Å². The molecule has 0 atom stereocenters. The third-order valence-electron chi connectivity index (χ3n) is 3.76. The Morgan fingerprint density at radius 3 is 2.75 bits per heavy atom. The summed E-state index contributed by atoms with van der Waals surface area (Å²) < 4.78 is 10.6. The van der Waals surface area contributed by atoms with Crippen LogP contribution in [-0.2, 0) is 11.3 Å². The highest BCUT2D eigenvalue weighted by Gasteiger charge is 2.15. The third-order valence-corrected chi connectivity index (χ3v) is 4.02. The van der Waals surface area contributed by atoms with Crippen molar-refractivity contribution >= 4 is 17.6 Å². The van der Waals surface area contributed by atoms with Crippen molar-refractivity contribution in [1.82, 2.24) is 20.8 Å². The van der Waals surface area contributed by atoms with Crippen molar-refractivity contribution in [3.05, 3.63) is 35.2 Å². The van der Waals surface area contributed by atoms with Gasteiger partial charge >= 0.3 is 0 Å². The second kappa shape index (κ2) is 8.12. The minimum atomic E-state index is 0.372. The van der Waals surface area contributed by atoms with Crippen LogP contribution in [0.5, 0.6) is 0 Å². The van der Waals surface area contributed by atoms with E-state index in [9.17, 15) is 0 Å². The molecule has 0 aliphatic carbocycles. The second-order valence-electron chi connectivity index (χ2n) is 5.48. The number of nitrogens with one attached hydrogen (secondary N) is 2. The lowest BCUT2D eigenvalue weighted by atomic mass is 10.1. The summed E-state index contributed by atoms with van der Waals surface area (Å²) in [4.78, 5) is 8.60. The number of guanidine groups is 1. The zero-order chi connectivity index (χ0) is 16.8. The fourth-order valence-corrected chi connectivity index (χ4v) is 2.56. The van der Waals surface area contributed by atoms with E-state index in [0.29, 0.717) is 35.3 Å². The molecule has 0 saturated carbocycles. The molecule has 1 saturated heterocycles. The molecule has 0 radical (unpaired) electrons. The number of rotatable bonds is 4. The summed E-state index contributed by atoms with van der Waals surface area (Å²) in [5.41, 5.74) is 0.860. The Labute approximate surface area is 145 Å². The highest BCUT2D eigenvalue weighted by atomic mass is 35.5. The normalized spacial score (nSPS) is 16.2. The maximum atomic E-state index is 5.88. The standard InChI is InChI=1S/C16H20ClN5O2/c1-18-16(20-13-6-8-23-9-7-13)19-10-14-21-15(22-24-14)11-2-4-12(17)5-3-11/h2-5,13H,6-10H2,1H3,(H2,18,19,20). The molecule has 24 heavy (non-hydrogen) atoms. The first-order valence-electron chi connectivity index (χ1n) is 7.88. The fraction of sp³-hybridized carbons (Fsp3) is 0.438. The molecule has 1 aliphatic heterocycles. The number of hydrogen-bond acceptors (Lipinski definition) is 5. The van der Waals surface area contributed by atoms with Gasteiger partial charge in [-0.2, -0.15) is 4.98 Å². The van der Waals surface area contributed by atoms with Crippen molar-refractivity contribution < 1.29 is 9.26 Å². The van der Waals surface area contributed by atoms with E-state index in [2.05, 4.69) is 25.8 Å². The van der Waals surface area contributed by atoms with Crippen LogP contribution in [0.15, 0.2) is 33.8 Å². The van der Waals surface area contributed by atoms with Gasteiger partial charge in [0.25, 0.3) is 0 Å². The van der Waals surface area contributed by atoms with Crippen molar-refractivity contribution in [2.75, 3.05) is 20.3 Å². The number of aliphatic imine (C=N–C) groups is 1. The van der Waals surface area contributed by atoms with Gasteiger partial charge in [0.2, 0.25) is 11.7 Å². The monoisotopic (exact) mass is 349 g/mol. The van der Waals surface area contributed by atoms with E-state index in [1.807, 2.05) is 12.1 Å². The van der Waals surface area contributed by atoms with E-state index in [0.717, 1.165) is 31.6 Å². The molecule has 8 heteroatoms. The fourth-order valence-electron chi connectivity index (χ4n) is 2.43. The predicted octanol–water partition coefficient (Wildman–Crippen LogP) is 2.23. The van der Waals surface area contributed by atoms with Crippen LogP contribution in [0.2, 0.25) is 5.02 Å². The lowest BCUT2D eigenvalue weighted by Gasteiger charge is -2.24. The van der Waals surface area contributed by atoms with Crippen molar-refractivity contribution in [1.29, 1.82) is 0 Å². The molecule has 2 N–H and O–H groups in total. The van der Waals surface area contributed by atoms with Crippen LogP contribution in [0.3, 0.4) is 0 Å². The number of benzene rings is 1. The average molecular weight is 350 g/mol. The quantitative estimate of drug-likeness (QED) is 0.650. The Morgan fingerprint density at radius 2 is 2.04 bits per heavy atom. The first-order chi connectivity index (χ1) is 11.7. The van der Waals surface area contributed by atoms with Gasteiger partial charge in [-0.15, -0.1) is 0 Å². The lowest BCUT2D eigenvalue weighted by Crippen LogP contribution is -2.45. The van der Waals surface area contributed by atoms with E-state index < -0.39 is 0 Å². The Kier molecular flexibility index (Phi) is 5.66. The van der Waals surface area contributed by atoms with Crippen LogP contribution in [0.4, 0.5) is 0 Å². The second-order valence-corrected chi connectivity index (χ2v) is 5.91. The summed E-state index contributed by atoms with van der Waals surface area (Å²) in [6.45, 7) is 1.97. The van der Waals surface area contributed by atoms with E-state index >= 15 is 0 Å². The SMILES string of the molecule is CN=C(NCc1nc(-c2ccc(Cl)cc2)no1)NC1CCOCC1. The smallest absolute Gasteiger partial charge is 0.246 e. The molecule has 1 aromatic carbocycles. The third kappa shape index (κ3) is 4.46. The minimum Gasteiger partial charge on any atom is -0.381 e. The first-order valence-corrected chi connectivity index (χ1v) is 8.26. The molecule has 1 aromatic heterocycles. The summed E-state index contributed by atoms with van der Waals surface area (Å²) >= 11 is 5.88. The molecule has 0 bridgehead atoms. The van der Waals surface area contributed by atoms with E-state index in [4.69, 9.17) is 20.9 Å². The van der Waals surface area contributed by atoms with Gasteiger partial charge in [0.1, 0.15) is 0 Å². The van der Waals surface area contributed by atoms with Crippen LogP contribution in [0.25, 0.3) is 11.4 Å². The summed E-state index contributed by atoms with van der Waals surface area (Å²) in [5.74, 6) is 1.75. The number of aromatic nitrogens is 2. The Hall–Kier alpha value is -2.12. The van der Waals surface area contributed by atoms with E-state index in [1.54, 1.807) is 19.2 Å². The number of ether oxygens (including phenoxy) is 1. The number of hydrogen-bond donors (Lipinski definition) is 2. The summed E-state index contributed by atoms with van der Waals surface area (Å²) in [6, 6.07) is 7.68. The molecule has 0 spiro atoms. The zero-order valence-electron chi connectivity index (χ0n) is 13.5. The molecule has 1 aliphatic rings. The number of halogens is 1. The highest BCUT2D eigenvalue weighted by molar-refractivity contribution is 6.30. The molecule has 0 amide bonds. The van der Waals surface area contributed by atoms with Crippen molar-refractivity contribution in [2.24, 2.45) is 4.99 Å². The molecular weight excluding hydrogens is 330 g/mol. The Bertz CT molecular complexity index is 680. The maximum absolute atomic E-state index is 5.88. The molecule has 1 fully saturated rings. The summed E-state index contributed by atoms with van der Waals surface area (Å²) in [5, 5.41) is 11.2. The van der Waals surface area contributed by atoms with Crippen molar-refractivity contribution in [2.45, 2.75) is 25.4 Å².